The Morgan fingerprint density at radius 2 is 1.86 bits per heavy atom. The lowest BCUT2D eigenvalue weighted by atomic mass is 10.1. The van der Waals surface area contributed by atoms with Crippen molar-refractivity contribution in [2.24, 2.45) is 0 Å². The first-order chi connectivity index (χ1) is 14.0. The SMILES string of the molecule is Cc1nn(Cc2ccccc2)c(C)c1CNC(=O)N(C)Cc1cccc(C#N)c1. The number of rotatable bonds is 6. The first-order valence-corrected chi connectivity index (χ1v) is 9.52. The number of hydrogen-bond donors (Lipinski definition) is 1. The molecule has 0 aliphatic heterocycles. The number of carbonyl (C=O) groups is 1. The number of amides is 2. The number of hydrogen-bond acceptors (Lipinski definition) is 3. The molecule has 0 radical (unpaired) electrons. The summed E-state index contributed by atoms with van der Waals surface area (Å²) in [7, 11) is 1.74. The Morgan fingerprint density at radius 1 is 1.14 bits per heavy atom. The molecular weight excluding hydrogens is 362 g/mol. The predicted octanol–water partition coefficient (Wildman–Crippen LogP) is 3.76. The van der Waals surface area contributed by atoms with Crippen LogP contribution < -0.4 is 5.32 Å². The van der Waals surface area contributed by atoms with Gasteiger partial charge in [0.25, 0.3) is 0 Å². The van der Waals surface area contributed by atoms with E-state index in [1.165, 1.54) is 5.56 Å². The lowest BCUT2D eigenvalue weighted by molar-refractivity contribution is 0.206. The van der Waals surface area contributed by atoms with E-state index in [2.05, 4.69) is 28.6 Å². The molecule has 6 nitrogen and oxygen atoms in total. The van der Waals surface area contributed by atoms with Gasteiger partial charge in [-0.2, -0.15) is 10.4 Å². The zero-order valence-corrected chi connectivity index (χ0v) is 17.0. The number of benzene rings is 2. The van der Waals surface area contributed by atoms with Crippen molar-refractivity contribution in [2.75, 3.05) is 7.05 Å². The van der Waals surface area contributed by atoms with Gasteiger partial charge in [-0.3, -0.25) is 4.68 Å². The number of aryl methyl sites for hydroxylation is 1. The van der Waals surface area contributed by atoms with Crippen molar-refractivity contribution in [1.82, 2.24) is 20.0 Å². The van der Waals surface area contributed by atoms with Crippen molar-refractivity contribution in [2.45, 2.75) is 33.5 Å². The van der Waals surface area contributed by atoms with E-state index in [0.29, 0.717) is 25.2 Å². The molecule has 148 valence electrons. The standard InChI is InChI=1S/C23H25N5O/c1-17-22(18(2)28(26-17)16-19-8-5-4-6-9-19)14-25-23(29)27(3)15-21-11-7-10-20(12-21)13-24/h4-12H,14-16H2,1-3H3,(H,25,29). The van der Waals surface area contributed by atoms with Gasteiger partial charge in [-0.05, 0) is 37.1 Å². The summed E-state index contributed by atoms with van der Waals surface area (Å²) in [6.45, 7) is 5.56. The Kier molecular flexibility index (Phi) is 6.30. The predicted molar refractivity (Wildman–Crippen MR) is 112 cm³/mol. The average molecular weight is 387 g/mol. The molecule has 1 heterocycles. The third kappa shape index (κ3) is 5.02. The van der Waals surface area contributed by atoms with E-state index in [-0.39, 0.29) is 6.03 Å². The number of nitrogens with zero attached hydrogens (tertiary/aromatic N) is 4. The molecule has 0 unspecified atom stereocenters. The topological polar surface area (TPSA) is 74.0 Å². The Labute approximate surface area is 171 Å². The van der Waals surface area contributed by atoms with Gasteiger partial charge in [-0.1, -0.05) is 42.5 Å². The molecule has 0 fully saturated rings. The summed E-state index contributed by atoms with van der Waals surface area (Å²) in [5.41, 5.74) is 5.71. The highest BCUT2D eigenvalue weighted by molar-refractivity contribution is 5.73. The van der Waals surface area contributed by atoms with Crippen molar-refractivity contribution in [3.8, 4) is 6.07 Å². The third-order valence-electron chi connectivity index (χ3n) is 4.95. The fourth-order valence-corrected chi connectivity index (χ4v) is 3.28. The largest absolute Gasteiger partial charge is 0.334 e. The second-order valence-electron chi connectivity index (χ2n) is 7.12. The van der Waals surface area contributed by atoms with Crippen LogP contribution in [-0.2, 0) is 19.6 Å². The lowest BCUT2D eigenvalue weighted by Gasteiger charge is -2.18. The van der Waals surface area contributed by atoms with Crippen molar-refractivity contribution < 1.29 is 4.79 Å². The molecule has 0 saturated heterocycles. The lowest BCUT2D eigenvalue weighted by Crippen LogP contribution is -2.36. The van der Waals surface area contributed by atoms with Crippen molar-refractivity contribution in [1.29, 1.82) is 5.26 Å². The minimum atomic E-state index is -0.165. The molecule has 2 aromatic carbocycles. The van der Waals surface area contributed by atoms with E-state index >= 15 is 0 Å². The molecule has 0 saturated carbocycles. The van der Waals surface area contributed by atoms with Gasteiger partial charge < -0.3 is 10.2 Å². The molecular formula is C23H25N5O. The molecule has 0 aliphatic carbocycles. The molecule has 3 rings (SSSR count). The molecule has 0 aliphatic rings. The maximum atomic E-state index is 12.5. The van der Waals surface area contributed by atoms with Crippen LogP contribution in [0.25, 0.3) is 0 Å². The van der Waals surface area contributed by atoms with E-state index in [4.69, 9.17) is 5.26 Å². The molecule has 1 N–H and O–H groups in total. The molecule has 6 heteroatoms. The molecule has 0 atom stereocenters. The Bertz CT molecular complexity index is 1030. The summed E-state index contributed by atoms with van der Waals surface area (Å²) >= 11 is 0. The number of nitriles is 1. The first-order valence-electron chi connectivity index (χ1n) is 9.52. The van der Waals surface area contributed by atoms with Gasteiger partial charge in [0.15, 0.2) is 0 Å². The number of nitrogens with one attached hydrogen (secondary N) is 1. The quantitative estimate of drug-likeness (QED) is 0.700. The van der Waals surface area contributed by atoms with Gasteiger partial charge in [0.05, 0.1) is 23.9 Å². The zero-order chi connectivity index (χ0) is 20.8. The van der Waals surface area contributed by atoms with Gasteiger partial charge in [0.2, 0.25) is 0 Å². The first kappa shape index (κ1) is 20.2. The maximum Gasteiger partial charge on any atom is 0.317 e. The molecule has 2 amide bonds. The number of carbonyl (C=O) groups excluding carboxylic acids is 1. The van der Waals surface area contributed by atoms with Crippen LogP contribution >= 0.6 is 0 Å². The highest BCUT2D eigenvalue weighted by Crippen LogP contribution is 2.15. The smallest absolute Gasteiger partial charge is 0.317 e. The molecule has 1 aromatic heterocycles. The summed E-state index contributed by atoms with van der Waals surface area (Å²) in [5.74, 6) is 0. The fourth-order valence-electron chi connectivity index (χ4n) is 3.28. The van der Waals surface area contributed by atoms with E-state index in [0.717, 1.165) is 22.5 Å². The summed E-state index contributed by atoms with van der Waals surface area (Å²) in [6, 6.07) is 19.4. The highest BCUT2D eigenvalue weighted by Gasteiger charge is 2.15. The molecule has 0 bridgehead atoms. The van der Waals surface area contributed by atoms with Crippen molar-refractivity contribution in [3.63, 3.8) is 0 Å². The highest BCUT2D eigenvalue weighted by atomic mass is 16.2. The summed E-state index contributed by atoms with van der Waals surface area (Å²) in [4.78, 5) is 14.1. The van der Waals surface area contributed by atoms with Crippen LogP contribution in [0.1, 0.15) is 33.6 Å². The van der Waals surface area contributed by atoms with Crippen LogP contribution in [0.4, 0.5) is 4.79 Å². The van der Waals surface area contributed by atoms with Crippen LogP contribution in [0, 0.1) is 25.2 Å². The molecule has 3 aromatic rings. The average Bonchev–Trinajstić information content (AvgIpc) is 2.99. The van der Waals surface area contributed by atoms with Gasteiger partial charge in [0.1, 0.15) is 0 Å². The van der Waals surface area contributed by atoms with E-state index in [1.54, 1.807) is 24.1 Å². The third-order valence-corrected chi connectivity index (χ3v) is 4.95. The second-order valence-corrected chi connectivity index (χ2v) is 7.12. The fraction of sp³-hybridized carbons (Fsp3) is 0.261. The summed E-state index contributed by atoms with van der Waals surface area (Å²) in [5, 5.41) is 16.6. The molecule has 0 spiro atoms. The Hall–Kier alpha value is -3.59. The Balaban J connectivity index is 1.61. The summed E-state index contributed by atoms with van der Waals surface area (Å²) < 4.78 is 1.98. The number of aromatic nitrogens is 2. The van der Waals surface area contributed by atoms with E-state index in [9.17, 15) is 4.79 Å². The van der Waals surface area contributed by atoms with Crippen molar-refractivity contribution in [3.05, 3.63) is 88.2 Å². The van der Waals surface area contributed by atoms with Crippen LogP contribution in [0.5, 0.6) is 0 Å². The normalized spacial score (nSPS) is 10.4. The van der Waals surface area contributed by atoms with Gasteiger partial charge in [0, 0.05) is 31.4 Å². The monoisotopic (exact) mass is 387 g/mol. The van der Waals surface area contributed by atoms with E-state index in [1.807, 2.05) is 48.9 Å². The van der Waals surface area contributed by atoms with Gasteiger partial charge in [-0.15, -0.1) is 0 Å². The van der Waals surface area contributed by atoms with Gasteiger partial charge >= 0.3 is 6.03 Å². The second kappa shape index (κ2) is 9.07. The minimum absolute atomic E-state index is 0.165. The van der Waals surface area contributed by atoms with Crippen LogP contribution in [0.3, 0.4) is 0 Å². The van der Waals surface area contributed by atoms with Crippen LogP contribution in [0.15, 0.2) is 54.6 Å². The molecule has 29 heavy (non-hydrogen) atoms. The van der Waals surface area contributed by atoms with E-state index < -0.39 is 0 Å². The minimum Gasteiger partial charge on any atom is -0.334 e. The van der Waals surface area contributed by atoms with Crippen molar-refractivity contribution >= 4 is 6.03 Å². The van der Waals surface area contributed by atoms with Gasteiger partial charge in [-0.25, -0.2) is 4.79 Å². The van der Waals surface area contributed by atoms with Crippen LogP contribution in [-0.4, -0.2) is 27.8 Å². The van der Waals surface area contributed by atoms with Crippen LogP contribution in [0.2, 0.25) is 0 Å². The summed E-state index contributed by atoms with van der Waals surface area (Å²) in [6.07, 6.45) is 0. The zero-order valence-electron chi connectivity index (χ0n) is 17.0. The Morgan fingerprint density at radius 3 is 2.59 bits per heavy atom. The maximum absolute atomic E-state index is 12.5. The number of urea groups is 1.